The molecular formula is C14H15N3O2S. The van der Waals surface area contributed by atoms with Crippen LogP contribution >= 0.6 is 0 Å². The molecule has 1 aromatic carbocycles. The van der Waals surface area contributed by atoms with E-state index in [-0.39, 0.29) is 5.75 Å². The summed E-state index contributed by atoms with van der Waals surface area (Å²) in [5, 5.41) is 8.68. The maximum absolute atomic E-state index is 11.9. The molecule has 0 radical (unpaired) electrons. The molecule has 0 aliphatic carbocycles. The molecule has 0 saturated heterocycles. The molecule has 6 heteroatoms. The van der Waals surface area contributed by atoms with Crippen LogP contribution in [0.3, 0.4) is 0 Å². The summed E-state index contributed by atoms with van der Waals surface area (Å²) in [4.78, 5) is 0. The molecule has 1 N–H and O–H groups in total. The highest BCUT2D eigenvalue weighted by Crippen LogP contribution is 2.07. The number of nitriles is 1. The molecule has 1 heterocycles. The molecular weight excluding hydrogens is 274 g/mol. The first-order valence-corrected chi connectivity index (χ1v) is 7.81. The summed E-state index contributed by atoms with van der Waals surface area (Å²) >= 11 is 0. The number of nitrogens with zero attached hydrogens (tertiary/aromatic N) is 2. The minimum absolute atomic E-state index is 0.0790. The molecule has 0 amide bonds. The predicted octanol–water partition coefficient (Wildman–Crippen LogP) is 1.48. The van der Waals surface area contributed by atoms with Gasteiger partial charge in [0.05, 0.1) is 17.4 Å². The van der Waals surface area contributed by atoms with Crippen LogP contribution in [-0.4, -0.2) is 19.5 Å². The predicted molar refractivity (Wildman–Crippen MR) is 76.2 cm³/mol. The van der Waals surface area contributed by atoms with Gasteiger partial charge in [-0.3, -0.25) is 0 Å². The largest absolute Gasteiger partial charge is 0.353 e. The SMILES string of the molecule is N#Cc1ccc(CS(=O)(=O)NCCn2cccc2)cc1. The summed E-state index contributed by atoms with van der Waals surface area (Å²) in [7, 11) is -3.35. The van der Waals surface area contributed by atoms with Crippen LogP contribution in [-0.2, 0) is 22.3 Å². The minimum Gasteiger partial charge on any atom is -0.353 e. The first kappa shape index (κ1) is 14.3. The number of benzene rings is 1. The van der Waals surface area contributed by atoms with Crippen molar-refractivity contribution in [2.75, 3.05) is 6.54 Å². The van der Waals surface area contributed by atoms with Crippen LogP contribution in [0.2, 0.25) is 0 Å². The van der Waals surface area contributed by atoms with Crippen molar-refractivity contribution in [3.8, 4) is 6.07 Å². The summed E-state index contributed by atoms with van der Waals surface area (Å²) in [5.74, 6) is -0.0790. The van der Waals surface area contributed by atoms with E-state index in [1.807, 2.05) is 35.2 Å². The number of nitrogens with one attached hydrogen (secondary N) is 1. The van der Waals surface area contributed by atoms with E-state index in [1.165, 1.54) is 0 Å². The average Bonchev–Trinajstić information content (AvgIpc) is 2.92. The van der Waals surface area contributed by atoms with Gasteiger partial charge in [0.1, 0.15) is 0 Å². The monoisotopic (exact) mass is 289 g/mol. The summed E-state index contributed by atoms with van der Waals surface area (Å²) in [6.07, 6.45) is 3.77. The molecule has 0 aliphatic rings. The zero-order valence-corrected chi connectivity index (χ0v) is 11.7. The van der Waals surface area contributed by atoms with Crippen molar-refractivity contribution in [1.29, 1.82) is 5.26 Å². The fourth-order valence-corrected chi connectivity index (χ4v) is 2.93. The minimum atomic E-state index is -3.35. The van der Waals surface area contributed by atoms with Gasteiger partial charge in [0.25, 0.3) is 0 Å². The third-order valence-electron chi connectivity index (χ3n) is 2.80. The Labute approximate surface area is 118 Å². The van der Waals surface area contributed by atoms with E-state index < -0.39 is 10.0 Å². The van der Waals surface area contributed by atoms with Crippen LogP contribution in [0.15, 0.2) is 48.8 Å². The van der Waals surface area contributed by atoms with Crippen LogP contribution in [0, 0.1) is 11.3 Å². The molecule has 2 rings (SSSR count). The Morgan fingerprint density at radius 2 is 1.80 bits per heavy atom. The molecule has 0 spiro atoms. The Hall–Kier alpha value is -2.10. The third-order valence-corrected chi connectivity index (χ3v) is 4.16. The van der Waals surface area contributed by atoms with E-state index in [9.17, 15) is 8.42 Å². The molecule has 0 saturated carbocycles. The molecule has 0 atom stereocenters. The maximum Gasteiger partial charge on any atom is 0.215 e. The van der Waals surface area contributed by atoms with Crippen molar-refractivity contribution in [3.05, 3.63) is 59.9 Å². The van der Waals surface area contributed by atoms with Crippen LogP contribution < -0.4 is 4.72 Å². The average molecular weight is 289 g/mol. The Morgan fingerprint density at radius 1 is 1.15 bits per heavy atom. The molecule has 0 aliphatic heterocycles. The van der Waals surface area contributed by atoms with Crippen molar-refractivity contribution >= 4 is 10.0 Å². The highest BCUT2D eigenvalue weighted by atomic mass is 32.2. The number of aromatic nitrogens is 1. The summed E-state index contributed by atoms with van der Waals surface area (Å²) in [5.41, 5.74) is 1.18. The molecule has 0 bridgehead atoms. The zero-order chi connectivity index (χ0) is 14.4. The molecule has 2 aromatic rings. The molecule has 5 nitrogen and oxygen atoms in total. The highest BCUT2D eigenvalue weighted by molar-refractivity contribution is 7.88. The fraction of sp³-hybridized carbons (Fsp3) is 0.214. The van der Waals surface area contributed by atoms with E-state index in [0.29, 0.717) is 24.2 Å². The Bertz CT molecular complexity index is 683. The third kappa shape index (κ3) is 4.23. The van der Waals surface area contributed by atoms with Gasteiger partial charge < -0.3 is 4.57 Å². The van der Waals surface area contributed by atoms with Crippen molar-refractivity contribution in [1.82, 2.24) is 9.29 Å². The Morgan fingerprint density at radius 3 is 2.40 bits per heavy atom. The standard InChI is InChI=1S/C14H15N3O2S/c15-11-13-3-5-14(6-4-13)12-20(18,19)16-7-10-17-8-1-2-9-17/h1-6,8-9,16H,7,10,12H2. The normalized spacial score (nSPS) is 11.2. The van der Waals surface area contributed by atoms with E-state index in [1.54, 1.807) is 24.3 Å². The quantitative estimate of drug-likeness (QED) is 0.875. The van der Waals surface area contributed by atoms with Gasteiger partial charge >= 0.3 is 0 Å². The van der Waals surface area contributed by atoms with Crippen LogP contribution in [0.4, 0.5) is 0 Å². The van der Waals surface area contributed by atoms with Gasteiger partial charge in [0.2, 0.25) is 10.0 Å². The first-order chi connectivity index (χ1) is 9.59. The fourth-order valence-electron chi connectivity index (χ4n) is 1.80. The lowest BCUT2D eigenvalue weighted by Gasteiger charge is -2.07. The number of sulfonamides is 1. The summed E-state index contributed by atoms with van der Waals surface area (Å²) in [6.45, 7) is 0.951. The molecule has 1 aromatic heterocycles. The van der Waals surface area contributed by atoms with E-state index in [4.69, 9.17) is 5.26 Å². The number of rotatable bonds is 6. The lowest BCUT2D eigenvalue weighted by atomic mass is 10.2. The topological polar surface area (TPSA) is 74.9 Å². The van der Waals surface area contributed by atoms with Gasteiger partial charge in [0, 0.05) is 25.5 Å². The van der Waals surface area contributed by atoms with E-state index in [2.05, 4.69) is 4.72 Å². The highest BCUT2D eigenvalue weighted by Gasteiger charge is 2.10. The molecule has 20 heavy (non-hydrogen) atoms. The van der Waals surface area contributed by atoms with Crippen LogP contribution in [0.1, 0.15) is 11.1 Å². The smallest absolute Gasteiger partial charge is 0.215 e. The first-order valence-electron chi connectivity index (χ1n) is 6.16. The van der Waals surface area contributed by atoms with E-state index >= 15 is 0 Å². The van der Waals surface area contributed by atoms with Crippen molar-refractivity contribution in [2.24, 2.45) is 0 Å². The van der Waals surface area contributed by atoms with Crippen molar-refractivity contribution in [2.45, 2.75) is 12.3 Å². The maximum atomic E-state index is 11.9. The zero-order valence-electron chi connectivity index (χ0n) is 10.9. The summed E-state index contributed by atoms with van der Waals surface area (Å²) < 4.78 is 28.3. The molecule has 0 fully saturated rings. The van der Waals surface area contributed by atoms with Crippen molar-refractivity contribution in [3.63, 3.8) is 0 Å². The van der Waals surface area contributed by atoms with Gasteiger partial charge in [-0.2, -0.15) is 5.26 Å². The van der Waals surface area contributed by atoms with Gasteiger partial charge in [-0.1, -0.05) is 12.1 Å². The van der Waals surface area contributed by atoms with Gasteiger partial charge in [-0.15, -0.1) is 0 Å². The lowest BCUT2D eigenvalue weighted by molar-refractivity contribution is 0.572. The van der Waals surface area contributed by atoms with Crippen molar-refractivity contribution < 1.29 is 8.42 Å². The summed E-state index contributed by atoms with van der Waals surface area (Å²) in [6, 6.07) is 12.3. The molecule has 0 unspecified atom stereocenters. The van der Waals surface area contributed by atoms with E-state index in [0.717, 1.165) is 0 Å². The van der Waals surface area contributed by atoms with Crippen LogP contribution in [0.25, 0.3) is 0 Å². The second-order valence-electron chi connectivity index (χ2n) is 4.38. The van der Waals surface area contributed by atoms with Crippen LogP contribution in [0.5, 0.6) is 0 Å². The Balaban J connectivity index is 1.88. The van der Waals surface area contributed by atoms with Gasteiger partial charge in [-0.25, -0.2) is 13.1 Å². The number of hydrogen-bond donors (Lipinski definition) is 1. The lowest BCUT2D eigenvalue weighted by Crippen LogP contribution is -2.28. The molecule has 104 valence electrons. The van der Waals surface area contributed by atoms with Gasteiger partial charge in [0.15, 0.2) is 0 Å². The van der Waals surface area contributed by atoms with Gasteiger partial charge in [-0.05, 0) is 29.8 Å². The second kappa shape index (κ2) is 6.37. The second-order valence-corrected chi connectivity index (χ2v) is 6.19. The Kier molecular flexibility index (Phi) is 4.56. The number of hydrogen-bond acceptors (Lipinski definition) is 3.